The van der Waals surface area contributed by atoms with E-state index in [1.807, 2.05) is 0 Å². The second kappa shape index (κ2) is 7.83. The monoisotopic (exact) mass is 401 g/mol. The molecule has 0 heterocycles. The highest BCUT2D eigenvalue weighted by Gasteiger charge is 2.63. The zero-order chi connectivity index (χ0) is 21.0. The Kier molecular flexibility index (Phi) is 5.98. The molecule has 0 aromatic heterocycles. The van der Waals surface area contributed by atoms with Crippen molar-refractivity contribution in [1.82, 2.24) is 0 Å². The third-order valence-electron chi connectivity index (χ3n) is 11.4. The fraction of sp³-hybridized carbons (Fsp3) is 1.00. The molecule has 4 aliphatic carbocycles. The predicted octanol–water partition coefficient (Wildman–Crippen LogP) is 7.83. The van der Waals surface area contributed by atoms with Crippen molar-refractivity contribution >= 4 is 0 Å². The van der Waals surface area contributed by atoms with Gasteiger partial charge >= 0.3 is 0 Å². The van der Waals surface area contributed by atoms with Crippen molar-refractivity contribution in [3.05, 3.63) is 0 Å². The molecule has 0 amide bonds. The van der Waals surface area contributed by atoms with Gasteiger partial charge in [-0.2, -0.15) is 0 Å². The molecule has 0 bridgehead atoms. The molecule has 0 aromatic rings. The molecule has 3 unspecified atom stereocenters. The minimum atomic E-state index is 0.127. The van der Waals surface area contributed by atoms with Gasteiger partial charge in [-0.1, -0.05) is 67.2 Å². The lowest BCUT2D eigenvalue weighted by atomic mass is 9.42. The first-order valence-electron chi connectivity index (χ1n) is 13.4. The topological polar surface area (TPSA) is 26.0 Å². The molecule has 0 spiro atoms. The van der Waals surface area contributed by atoms with Crippen LogP contribution in [0.25, 0.3) is 0 Å². The molecule has 0 aromatic carbocycles. The van der Waals surface area contributed by atoms with Crippen LogP contribution >= 0.6 is 0 Å². The Labute approximate surface area is 182 Å². The average molecular weight is 402 g/mol. The quantitative estimate of drug-likeness (QED) is 0.499. The molecule has 168 valence electrons. The van der Waals surface area contributed by atoms with E-state index in [0.29, 0.717) is 10.8 Å². The summed E-state index contributed by atoms with van der Waals surface area (Å²) in [4.78, 5) is 0. The number of hydrogen-bond donors (Lipinski definition) is 1. The maximum Gasteiger partial charge on any atom is 0.0214 e. The molecule has 4 aliphatic rings. The molecule has 0 saturated heterocycles. The van der Waals surface area contributed by atoms with Gasteiger partial charge in [0, 0.05) is 5.54 Å². The van der Waals surface area contributed by atoms with Crippen LogP contribution in [0, 0.1) is 52.3 Å². The van der Waals surface area contributed by atoms with E-state index in [1.54, 1.807) is 0 Å². The first kappa shape index (κ1) is 22.2. The Morgan fingerprint density at radius 1 is 0.862 bits per heavy atom. The van der Waals surface area contributed by atoms with Crippen LogP contribution in [0.5, 0.6) is 0 Å². The van der Waals surface area contributed by atoms with E-state index in [2.05, 4.69) is 41.5 Å². The van der Waals surface area contributed by atoms with Crippen LogP contribution in [0.3, 0.4) is 0 Å². The molecule has 4 fully saturated rings. The van der Waals surface area contributed by atoms with Gasteiger partial charge in [-0.15, -0.1) is 0 Å². The third-order valence-corrected chi connectivity index (χ3v) is 11.4. The van der Waals surface area contributed by atoms with Crippen LogP contribution in [0.15, 0.2) is 0 Å². The lowest BCUT2D eigenvalue weighted by Crippen LogP contribution is -2.66. The number of fused-ring (bicyclic) bond motifs is 5. The summed E-state index contributed by atoms with van der Waals surface area (Å²) in [6, 6.07) is 0. The smallest absolute Gasteiger partial charge is 0.0214 e. The van der Waals surface area contributed by atoms with Gasteiger partial charge < -0.3 is 5.73 Å². The minimum Gasteiger partial charge on any atom is -0.325 e. The second-order valence-electron chi connectivity index (χ2n) is 13.4. The van der Waals surface area contributed by atoms with Gasteiger partial charge in [0.1, 0.15) is 0 Å². The Hall–Kier alpha value is -0.0400. The van der Waals surface area contributed by atoms with Crippen LogP contribution in [-0.4, -0.2) is 5.54 Å². The van der Waals surface area contributed by atoms with E-state index in [4.69, 9.17) is 5.73 Å². The molecule has 4 saturated carbocycles. The molecule has 0 aliphatic heterocycles. The molecule has 0 radical (unpaired) electrons. The van der Waals surface area contributed by atoms with Crippen molar-refractivity contribution in [2.75, 3.05) is 0 Å². The molecule has 1 nitrogen and oxygen atoms in total. The van der Waals surface area contributed by atoms with Crippen LogP contribution < -0.4 is 5.73 Å². The van der Waals surface area contributed by atoms with E-state index in [9.17, 15) is 0 Å². The standard InChI is InChI=1S/C28H51N/c1-19(2)8-7-9-21(4)23-10-11-24-22-13-17-28(29)18-20(3)12-16-27(28,6)25(22)14-15-26(23,24)5/h19-25H,7-18,29H2,1-6H3/t20-,21+,22?,23+,24?,25?,26+,27+,28+/m0/s1. The first-order chi connectivity index (χ1) is 13.6. The van der Waals surface area contributed by atoms with E-state index in [-0.39, 0.29) is 5.54 Å². The molecule has 1 heteroatoms. The zero-order valence-corrected chi connectivity index (χ0v) is 20.6. The van der Waals surface area contributed by atoms with Gasteiger partial charge in [-0.3, -0.25) is 0 Å². The van der Waals surface area contributed by atoms with Gasteiger partial charge in [0.25, 0.3) is 0 Å². The molecule has 29 heavy (non-hydrogen) atoms. The number of rotatable bonds is 5. The van der Waals surface area contributed by atoms with E-state index < -0.39 is 0 Å². The Morgan fingerprint density at radius 3 is 2.34 bits per heavy atom. The number of nitrogens with two attached hydrogens (primary N) is 1. The van der Waals surface area contributed by atoms with Gasteiger partial charge in [0.2, 0.25) is 0 Å². The molecule has 9 atom stereocenters. The largest absolute Gasteiger partial charge is 0.325 e. The van der Waals surface area contributed by atoms with Crippen molar-refractivity contribution in [1.29, 1.82) is 0 Å². The van der Waals surface area contributed by atoms with Gasteiger partial charge in [0.15, 0.2) is 0 Å². The van der Waals surface area contributed by atoms with Crippen molar-refractivity contribution in [3.63, 3.8) is 0 Å². The Balaban J connectivity index is 1.49. The normalized spacial score (nSPS) is 50.7. The fourth-order valence-electron chi connectivity index (χ4n) is 9.62. The lowest BCUT2D eigenvalue weighted by Gasteiger charge is -2.65. The van der Waals surface area contributed by atoms with Crippen molar-refractivity contribution in [2.24, 2.45) is 58.0 Å². The van der Waals surface area contributed by atoms with Gasteiger partial charge in [0.05, 0.1) is 0 Å². The zero-order valence-electron chi connectivity index (χ0n) is 20.6. The van der Waals surface area contributed by atoms with Gasteiger partial charge in [-0.05, 0) is 104 Å². The molecule has 2 N–H and O–H groups in total. The molecular formula is C28H51N. The summed E-state index contributed by atoms with van der Waals surface area (Å²) in [5, 5.41) is 0. The van der Waals surface area contributed by atoms with Crippen LogP contribution in [0.1, 0.15) is 119 Å². The van der Waals surface area contributed by atoms with Gasteiger partial charge in [-0.25, -0.2) is 0 Å². The average Bonchev–Trinajstić information content (AvgIpc) is 2.99. The highest BCUT2D eigenvalue weighted by Crippen LogP contribution is 2.69. The Morgan fingerprint density at radius 2 is 1.62 bits per heavy atom. The van der Waals surface area contributed by atoms with Crippen molar-refractivity contribution in [3.8, 4) is 0 Å². The lowest BCUT2D eigenvalue weighted by molar-refractivity contribution is -0.131. The van der Waals surface area contributed by atoms with E-state index >= 15 is 0 Å². The summed E-state index contributed by atoms with van der Waals surface area (Å²) < 4.78 is 0. The summed E-state index contributed by atoms with van der Waals surface area (Å²) in [5.41, 5.74) is 8.37. The predicted molar refractivity (Wildman–Crippen MR) is 126 cm³/mol. The fourth-order valence-corrected chi connectivity index (χ4v) is 9.62. The van der Waals surface area contributed by atoms with Crippen LogP contribution in [0.2, 0.25) is 0 Å². The third kappa shape index (κ3) is 3.54. The minimum absolute atomic E-state index is 0.127. The highest BCUT2D eigenvalue weighted by molar-refractivity contribution is 5.15. The Bertz CT molecular complexity index is 583. The summed E-state index contributed by atoms with van der Waals surface area (Å²) in [5.74, 6) is 6.45. The van der Waals surface area contributed by atoms with E-state index in [1.165, 1.54) is 77.0 Å². The number of hydrogen-bond acceptors (Lipinski definition) is 1. The van der Waals surface area contributed by atoms with E-state index in [0.717, 1.165) is 41.4 Å². The SMILES string of the molecule is CC(C)CCC[C@@H](C)[C@H]1CCC2C3CC[C@@]4(N)C[C@@H](C)CC[C@]4(C)C3CC[C@@]21C. The van der Waals surface area contributed by atoms with Crippen molar-refractivity contribution < 1.29 is 0 Å². The summed E-state index contributed by atoms with van der Waals surface area (Å²) in [6.45, 7) is 15.2. The maximum atomic E-state index is 7.22. The molecular weight excluding hydrogens is 350 g/mol. The summed E-state index contributed by atoms with van der Waals surface area (Å²) >= 11 is 0. The van der Waals surface area contributed by atoms with Crippen molar-refractivity contribution in [2.45, 2.75) is 124 Å². The second-order valence-corrected chi connectivity index (χ2v) is 13.4. The maximum absolute atomic E-state index is 7.22. The summed E-state index contributed by atoms with van der Waals surface area (Å²) in [7, 11) is 0. The highest BCUT2D eigenvalue weighted by atomic mass is 14.8. The van der Waals surface area contributed by atoms with Crippen LogP contribution in [0.4, 0.5) is 0 Å². The first-order valence-corrected chi connectivity index (χ1v) is 13.4. The van der Waals surface area contributed by atoms with Crippen LogP contribution in [-0.2, 0) is 0 Å². The molecule has 4 rings (SSSR count). The summed E-state index contributed by atoms with van der Waals surface area (Å²) in [6.07, 6.45) is 17.1.